The number of anilines is 1. The Morgan fingerprint density at radius 3 is 2.67 bits per heavy atom. The van der Waals surface area contributed by atoms with E-state index in [1.165, 1.54) is 11.0 Å². The highest BCUT2D eigenvalue weighted by Crippen LogP contribution is 2.27. The molecule has 18 heavy (non-hydrogen) atoms. The average Bonchev–Trinajstić information content (AvgIpc) is 2.58. The molecule has 2 rings (SSSR count). The first-order valence-electron chi connectivity index (χ1n) is 4.90. The van der Waals surface area contributed by atoms with Gasteiger partial charge in [0.2, 0.25) is 0 Å². The van der Waals surface area contributed by atoms with E-state index in [1.807, 2.05) is 0 Å². The lowest BCUT2D eigenvalue weighted by Crippen LogP contribution is -2.07. The summed E-state index contributed by atoms with van der Waals surface area (Å²) in [6.07, 6.45) is 1.22. The summed E-state index contributed by atoms with van der Waals surface area (Å²) in [6, 6.07) is 0. The van der Waals surface area contributed by atoms with E-state index in [-0.39, 0.29) is 28.0 Å². The number of halogens is 1. The number of hydrogen-bond acceptors (Lipinski definition) is 6. The highest BCUT2D eigenvalue weighted by atomic mass is 35.5. The van der Waals surface area contributed by atoms with Gasteiger partial charge in [0.15, 0.2) is 11.0 Å². The van der Waals surface area contributed by atoms with Crippen LogP contribution in [0.2, 0.25) is 5.15 Å². The van der Waals surface area contributed by atoms with E-state index in [1.54, 1.807) is 13.8 Å². The van der Waals surface area contributed by atoms with E-state index in [0.29, 0.717) is 5.69 Å². The van der Waals surface area contributed by atoms with Gasteiger partial charge in [0.1, 0.15) is 23.4 Å². The first-order valence-corrected chi connectivity index (χ1v) is 5.28. The summed E-state index contributed by atoms with van der Waals surface area (Å²) in [4.78, 5) is 18.1. The summed E-state index contributed by atoms with van der Waals surface area (Å²) < 4.78 is 1.29. The second-order valence-corrected chi connectivity index (χ2v) is 3.95. The van der Waals surface area contributed by atoms with Crippen LogP contribution in [-0.2, 0) is 0 Å². The van der Waals surface area contributed by atoms with Crippen LogP contribution in [0.5, 0.6) is 0 Å². The van der Waals surface area contributed by atoms with Crippen LogP contribution >= 0.6 is 11.6 Å². The van der Waals surface area contributed by atoms with Crippen molar-refractivity contribution < 1.29 is 4.92 Å². The Labute approximate surface area is 107 Å². The molecule has 0 aliphatic heterocycles. The normalized spacial score (nSPS) is 10.6. The van der Waals surface area contributed by atoms with E-state index >= 15 is 0 Å². The Morgan fingerprint density at radius 1 is 1.44 bits per heavy atom. The SMILES string of the molecule is Cc1nn(-c2ncnc(Cl)c2N)c(C)c1[N+](=O)[O-]. The standard InChI is InChI=1S/C9H9ClN6O2/c1-4-7(16(17)18)5(2)15(14-4)9-6(11)8(10)12-3-13-9/h3H,11H2,1-2H3. The minimum absolute atomic E-state index is 0.0656. The number of rotatable bonds is 2. The third kappa shape index (κ3) is 1.76. The van der Waals surface area contributed by atoms with Crippen molar-refractivity contribution in [2.75, 3.05) is 5.73 Å². The fourth-order valence-electron chi connectivity index (χ4n) is 1.64. The molecule has 2 aromatic heterocycles. The molecule has 0 amide bonds. The van der Waals surface area contributed by atoms with Crippen molar-refractivity contribution in [3.63, 3.8) is 0 Å². The molecule has 0 bridgehead atoms. The van der Waals surface area contributed by atoms with Gasteiger partial charge >= 0.3 is 5.69 Å². The van der Waals surface area contributed by atoms with Crippen molar-refractivity contribution in [2.45, 2.75) is 13.8 Å². The van der Waals surface area contributed by atoms with Gasteiger partial charge in [0, 0.05) is 0 Å². The van der Waals surface area contributed by atoms with Gasteiger partial charge in [-0.3, -0.25) is 10.1 Å². The molecule has 9 heteroatoms. The molecule has 0 saturated carbocycles. The van der Waals surface area contributed by atoms with Gasteiger partial charge in [-0.2, -0.15) is 5.10 Å². The van der Waals surface area contributed by atoms with E-state index in [9.17, 15) is 10.1 Å². The number of hydrogen-bond donors (Lipinski definition) is 1. The van der Waals surface area contributed by atoms with Gasteiger partial charge in [-0.25, -0.2) is 14.6 Å². The maximum absolute atomic E-state index is 10.9. The van der Waals surface area contributed by atoms with Crippen molar-refractivity contribution in [3.8, 4) is 5.82 Å². The molecular weight excluding hydrogens is 260 g/mol. The lowest BCUT2D eigenvalue weighted by Gasteiger charge is -2.05. The molecule has 0 radical (unpaired) electrons. The minimum Gasteiger partial charge on any atom is -0.393 e. The zero-order valence-electron chi connectivity index (χ0n) is 9.59. The first kappa shape index (κ1) is 12.2. The fourth-order valence-corrected chi connectivity index (χ4v) is 1.77. The number of nitrogen functional groups attached to an aromatic ring is 1. The molecule has 2 N–H and O–H groups in total. The van der Waals surface area contributed by atoms with Gasteiger partial charge in [0.25, 0.3) is 0 Å². The largest absolute Gasteiger partial charge is 0.393 e. The van der Waals surface area contributed by atoms with Crippen molar-refractivity contribution in [1.29, 1.82) is 0 Å². The van der Waals surface area contributed by atoms with Gasteiger partial charge in [-0.05, 0) is 13.8 Å². The van der Waals surface area contributed by atoms with Crippen LogP contribution in [0.4, 0.5) is 11.4 Å². The Morgan fingerprint density at radius 2 is 2.11 bits per heavy atom. The summed E-state index contributed by atoms with van der Waals surface area (Å²) in [5, 5.41) is 15.0. The molecule has 0 aliphatic rings. The predicted octanol–water partition coefficient (Wildman–Crippen LogP) is 1.42. The molecule has 2 aromatic rings. The highest BCUT2D eigenvalue weighted by molar-refractivity contribution is 6.32. The molecule has 0 unspecified atom stereocenters. The second kappa shape index (κ2) is 4.22. The van der Waals surface area contributed by atoms with Crippen molar-refractivity contribution in [3.05, 3.63) is 33.0 Å². The van der Waals surface area contributed by atoms with Crippen LogP contribution in [0.25, 0.3) is 5.82 Å². The average molecular weight is 269 g/mol. The Balaban J connectivity index is 2.69. The molecule has 0 aliphatic carbocycles. The third-order valence-corrected chi connectivity index (χ3v) is 2.75. The number of nitrogens with zero attached hydrogens (tertiary/aromatic N) is 5. The van der Waals surface area contributed by atoms with Crippen molar-refractivity contribution in [2.24, 2.45) is 0 Å². The fraction of sp³-hybridized carbons (Fsp3) is 0.222. The summed E-state index contributed by atoms with van der Waals surface area (Å²) in [7, 11) is 0. The van der Waals surface area contributed by atoms with Crippen molar-refractivity contribution in [1.82, 2.24) is 19.7 Å². The summed E-state index contributed by atoms with van der Waals surface area (Å²) >= 11 is 5.77. The Hall–Kier alpha value is -2.22. The van der Waals surface area contributed by atoms with Gasteiger partial charge in [0.05, 0.1) is 4.92 Å². The van der Waals surface area contributed by atoms with E-state index in [4.69, 9.17) is 17.3 Å². The number of aromatic nitrogens is 4. The van der Waals surface area contributed by atoms with Crippen LogP contribution in [0.15, 0.2) is 6.33 Å². The van der Waals surface area contributed by atoms with E-state index < -0.39 is 4.92 Å². The van der Waals surface area contributed by atoms with Crippen LogP contribution < -0.4 is 5.73 Å². The topological polar surface area (TPSA) is 113 Å². The maximum atomic E-state index is 10.9. The zero-order valence-corrected chi connectivity index (χ0v) is 10.3. The highest BCUT2D eigenvalue weighted by Gasteiger charge is 2.24. The molecule has 2 heterocycles. The molecule has 8 nitrogen and oxygen atoms in total. The number of nitrogens with two attached hydrogens (primary N) is 1. The number of nitro groups is 1. The lowest BCUT2D eigenvalue weighted by atomic mass is 10.3. The number of aryl methyl sites for hydroxylation is 1. The molecule has 0 atom stereocenters. The molecule has 0 fully saturated rings. The van der Waals surface area contributed by atoms with Gasteiger partial charge < -0.3 is 5.73 Å². The monoisotopic (exact) mass is 268 g/mol. The van der Waals surface area contributed by atoms with E-state index in [2.05, 4.69) is 15.1 Å². The second-order valence-electron chi connectivity index (χ2n) is 3.59. The van der Waals surface area contributed by atoms with Crippen molar-refractivity contribution >= 4 is 23.0 Å². The molecule has 94 valence electrons. The summed E-state index contributed by atoms with van der Waals surface area (Å²) in [6.45, 7) is 3.11. The van der Waals surface area contributed by atoms with Crippen LogP contribution in [-0.4, -0.2) is 24.7 Å². The molecular formula is C9H9ClN6O2. The Kier molecular flexibility index (Phi) is 2.87. The van der Waals surface area contributed by atoms with Crippen LogP contribution in [0, 0.1) is 24.0 Å². The quantitative estimate of drug-likeness (QED) is 0.501. The molecule has 0 spiro atoms. The smallest absolute Gasteiger partial charge is 0.313 e. The molecule has 0 aromatic carbocycles. The predicted molar refractivity (Wildman–Crippen MR) is 64.7 cm³/mol. The zero-order chi connectivity index (χ0) is 13.4. The minimum atomic E-state index is -0.493. The lowest BCUT2D eigenvalue weighted by molar-refractivity contribution is -0.386. The van der Waals surface area contributed by atoms with E-state index in [0.717, 1.165) is 0 Å². The van der Waals surface area contributed by atoms with Gasteiger partial charge in [-0.15, -0.1) is 0 Å². The van der Waals surface area contributed by atoms with Crippen LogP contribution in [0.3, 0.4) is 0 Å². The molecule has 0 saturated heterocycles. The third-order valence-electron chi connectivity index (χ3n) is 2.45. The first-order chi connectivity index (χ1) is 8.43. The Bertz CT molecular complexity index is 638. The van der Waals surface area contributed by atoms with Crippen LogP contribution in [0.1, 0.15) is 11.4 Å². The van der Waals surface area contributed by atoms with Gasteiger partial charge in [-0.1, -0.05) is 11.6 Å². The summed E-state index contributed by atoms with van der Waals surface area (Å²) in [5.41, 5.74) is 6.41. The maximum Gasteiger partial charge on any atom is 0.313 e. The summed E-state index contributed by atoms with van der Waals surface area (Å²) in [5.74, 6) is 0.226.